The second-order valence-electron chi connectivity index (χ2n) is 4.40. The minimum Gasteiger partial charge on any atom is -0.350 e. The molecule has 1 aliphatic carbocycles. The standard InChI is InChI=1S/C12H16N2O2S/c1-7-11(14-8(2)17-7)12(16)13-6-9-4-3-5-10(9)15/h9H,3-6H2,1-2H3,(H,13,16). The van der Waals surface area contributed by atoms with Crippen LogP contribution in [-0.2, 0) is 4.79 Å². The Balaban J connectivity index is 1.93. The van der Waals surface area contributed by atoms with Gasteiger partial charge in [-0.15, -0.1) is 11.3 Å². The highest BCUT2D eigenvalue weighted by Gasteiger charge is 2.25. The van der Waals surface area contributed by atoms with Crippen molar-refractivity contribution >= 4 is 23.0 Å². The zero-order valence-corrected chi connectivity index (χ0v) is 10.9. The second-order valence-corrected chi connectivity index (χ2v) is 5.81. The third-order valence-corrected chi connectivity index (χ3v) is 3.94. The molecule has 1 atom stereocenters. The summed E-state index contributed by atoms with van der Waals surface area (Å²) in [7, 11) is 0. The van der Waals surface area contributed by atoms with Crippen LogP contribution >= 0.6 is 11.3 Å². The lowest BCUT2D eigenvalue weighted by molar-refractivity contribution is -0.120. The van der Waals surface area contributed by atoms with E-state index in [0.717, 1.165) is 22.7 Å². The van der Waals surface area contributed by atoms with Crippen molar-refractivity contribution in [1.82, 2.24) is 10.3 Å². The van der Waals surface area contributed by atoms with Crippen molar-refractivity contribution in [3.63, 3.8) is 0 Å². The van der Waals surface area contributed by atoms with Crippen molar-refractivity contribution in [3.8, 4) is 0 Å². The molecule has 92 valence electrons. The number of rotatable bonds is 3. The van der Waals surface area contributed by atoms with Crippen molar-refractivity contribution in [1.29, 1.82) is 0 Å². The molecule has 1 amide bonds. The molecule has 1 N–H and O–H groups in total. The lowest BCUT2D eigenvalue weighted by Crippen LogP contribution is -2.31. The molecule has 0 spiro atoms. The quantitative estimate of drug-likeness (QED) is 0.893. The predicted octanol–water partition coefficient (Wildman–Crippen LogP) is 1.86. The first kappa shape index (κ1) is 12.2. The van der Waals surface area contributed by atoms with Gasteiger partial charge >= 0.3 is 0 Å². The fourth-order valence-corrected chi connectivity index (χ4v) is 2.96. The summed E-state index contributed by atoms with van der Waals surface area (Å²) in [4.78, 5) is 28.4. The molecule has 1 aromatic rings. The number of nitrogens with zero attached hydrogens (tertiary/aromatic N) is 1. The summed E-state index contributed by atoms with van der Waals surface area (Å²) in [6.45, 7) is 4.23. The lowest BCUT2D eigenvalue weighted by atomic mass is 10.1. The maximum atomic E-state index is 11.9. The minimum atomic E-state index is -0.161. The maximum Gasteiger partial charge on any atom is 0.271 e. The van der Waals surface area contributed by atoms with Crippen molar-refractivity contribution in [2.45, 2.75) is 33.1 Å². The van der Waals surface area contributed by atoms with Gasteiger partial charge in [-0.1, -0.05) is 0 Å². The van der Waals surface area contributed by atoms with Crippen LogP contribution in [0, 0.1) is 19.8 Å². The van der Waals surface area contributed by atoms with Crippen LogP contribution in [0.2, 0.25) is 0 Å². The first-order chi connectivity index (χ1) is 8.08. The first-order valence-corrected chi connectivity index (χ1v) is 6.64. The monoisotopic (exact) mass is 252 g/mol. The lowest BCUT2D eigenvalue weighted by Gasteiger charge is -2.08. The Bertz CT molecular complexity index is 453. The number of nitrogens with one attached hydrogen (secondary N) is 1. The SMILES string of the molecule is Cc1nc(C(=O)NCC2CCCC2=O)c(C)s1. The molecule has 0 aromatic carbocycles. The average molecular weight is 252 g/mol. The van der Waals surface area contributed by atoms with Crippen molar-refractivity contribution < 1.29 is 9.59 Å². The number of amides is 1. The summed E-state index contributed by atoms with van der Waals surface area (Å²) in [5.41, 5.74) is 0.498. The van der Waals surface area contributed by atoms with E-state index in [1.807, 2.05) is 13.8 Å². The summed E-state index contributed by atoms with van der Waals surface area (Å²) >= 11 is 1.52. The third kappa shape index (κ3) is 2.72. The smallest absolute Gasteiger partial charge is 0.271 e. The van der Waals surface area contributed by atoms with E-state index in [1.165, 1.54) is 11.3 Å². The van der Waals surface area contributed by atoms with E-state index in [2.05, 4.69) is 10.3 Å². The van der Waals surface area contributed by atoms with Gasteiger partial charge in [0, 0.05) is 23.8 Å². The molecule has 1 fully saturated rings. The Labute approximate surface area is 104 Å². The number of aryl methyl sites for hydroxylation is 2. The van der Waals surface area contributed by atoms with Crippen LogP contribution in [0.25, 0.3) is 0 Å². The second kappa shape index (κ2) is 4.96. The molecule has 1 unspecified atom stereocenters. The number of thiazole rings is 1. The molecule has 0 radical (unpaired) electrons. The minimum absolute atomic E-state index is 0.0130. The zero-order chi connectivity index (χ0) is 12.4. The number of ketones is 1. The number of hydrogen-bond acceptors (Lipinski definition) is 4. The zero-order valence-electron chi connectivity index (χ0n) is 10.1. The number of carbonyl (C=O) groups is 2. The highest BCUT2D eigenvalue weighted by atomic mass is 32.1. The van der Waals surface area contributed by atoms with E-state index in [9.17, 15) is 9.59 Å². The van der Waals surface area contributed by atoms with Gasteiger partial charge in [0.05, 0.1) is 5.01 Å². The molecule has 0 aliphatic heterocycles. The van der Waals surface area contributed by atoms with E-state index in [-0.39, 0.29) is 17.6 Å². The van der Waals surface area contributed by atoms with Gasteiger partial charge in [0.25, 0.3) is 5.91 Å². The first-order valence-electron chi connectivity index (χ1n) is 5.83. The molecular formula is C12H16N2O2S. The highest BCUT2D eigenvalue weighted by Crippen LogP contribution is 2.21. The maximum absolute atomic E-state index is 11.9. The normalized spacial score (nSPS) is 19.6. The summed E-state index contributed by atoms with van der Waals surface area (Å²) in [6.07, 6.45) is 2.51. The average Bonchev–Trinajstić information content (AvgIpc) is 2.81. The van der Waals surface area contributed by atoms with E-state index in [0.29, 0.717) is 18.7 Å². The Morgan fingerprint density at radius 3 is 2.82 bits per heavy atom. The van der Waals surface area contributed by atoms with Gasteiger partial charge in [-0.05, 0) is 26.7 Å². The molecule has 17 heavy (non-hydrogen) atoms. The van der Waals surface area contributed by atoms with Crippen LogP contribution in [0.3, 0.4) is 0 Å². The third-order valence-electron chi connectivity index (χ3n) is 3.06. The van der Waals surface area contributed by atoms with E-state index >= 15 is 0 Å². The molecule has 1 saturated carbocycles. The largest absolute Gasteiger partial charge is 0.350 e. The Kier molecular flexibility index (Phi) is 3.57. The van der Waals surface area contributed by atoms with Gasteiger partial charge in [-0.25, -0.2) is 4.98 Å². The van der Waals surface area contributed by atoms with Crippen LogP contribution < -0.4 is 5.32 Å². The van der Waals surface area contributed by atoms with Crippen LogP contribution in [0.15, 0.2) is 0 Å². The summed E-state index contributed by atoms with van der Waals surface area (Å²) < 4.78 is 0. The van der Waals surface area contributed by atoms with Crippen LogP contribution in [0.4, 0.5) is 0 Å². The van der Waals surface area contributed by atoms with Gasteiger partial charge in [0.1, 0.15) is 11.5 Å². The topological polar surface area (TPSA) is 59.1 Å². The predicted molar refractivity (Wildman–Crippen MR) is 66.3 cm³/mol. The van der Waals surface area contributed by atoms with E-state index < -0.39 is 0 Å². The Morgan fingerprint density at radius 1 is 1.53 bits per heavy atom. The van der Waals surface area contributed by atoms with E-state index in [1.54, 1.807) is 0 Å². The molecule has 0 saturated heterocycles. The Hall–Kier alpha value is -1.23. The van der Waals surface area contributed by atoms with Crippen molar-refractivity contribution in [2.75, 3.05) is 6.54 Å². The van der Waals surface area contributed by atoms with Crippen molar-refractivity contribution in [3.05, 3.63) is 15.6 Å². The molecule has 1 heterocycles. The molecule has 2 rings (SSSR count). The Morgan fingerprint density at radius 2 is 2.29 bits per heavy atom. The van der Waals surface area contributed by atoms with Gasteiger partial charge < -0.3 is 5.32 Å². The summed E-state index contributed by atoms with van der Waals surface area (Å²) in [5.74, 6) is 0.127. The van der Waals surface area contributed by atoms with Gasteiger partial charge in [-0.2, -0.15) is 0 Å². The number of hydrogen-bond donors (Lipinski definition) is 1. The fraction of sp³-hybridized carbons (Fsp3) is 0.583. The van der Waals surface area contributed by atoms with Crippen molar-refractivity contribution in [2.24, 2.45) is 5.92 Å². The molecule has 1 aliphatic rings. The summed E-state index contributed by atoms with van der Waals surface area (Å²) in [5, 5.41) is 3.70. The number of Topliss-reactive ketones (excluding diaryl/α,β-unsaturated/α-hetero) is 1. The van der Waals surface area contributed by atoms with Gasteiger partial charge in [-0.3, -0.25) is 9.59 Å². The van der Waals surface area contributed by atoms with Crippen LogP contribution in [0.1, 0.15) is 39.6 Å². The van der Waals surface area contributed by atoms with E-state index in [4.69, 9.17) is 0 Å². The molecule has 5 heteroatoms. The molecule has 1 aromatic heterocycles. The van der Waals surface area contributed by atoms with Crippen LogP contribution in [-0.4, -0.2) is 23.2 Å². The fourth-order valence-electron chi connectivity index (χ4n) is 2.14. The highest BCUT2D eigenvalue weighted by molar-refractivity contribution is 7.11. The molecule has 4 nitrogen and oxygen atoms in total. The van der Waals surface area contributed by atoms with Crippen LogP contribution in [0.5, 0.6) is 0 Å². The van der Waals surface area contributed by atoms with Gasteiger partial charge in [0.2, 0.25) is 0 Å². The summed E-state index contributed by atoms with van der Waals surface area (Å²) in [6, 6.07) is 0. The molecule has 0 bridgehead atoms. The molecular weight excluding hydrogens is 236 g/mol. The number of carbonyl (C=O) groups excluding carboxylic acids is 2. The van der Waals surface area contributed by atoms with Gasteiger partial charge in [0.15, 0.2) is 0 Å². The number of aromatic nitrogens is 1.